The van der Waals surface area contributed by atoms with Crippen LogP contribution in [0.25, 0.3) is 11.3 Å². The number of halogens is 2. The maximum absolute atomic E-state index is 13.9. The van der Waals surface area contributed by atoms with Gasteiger partial charge in [0.2, 0.25) is 0 Å². The first-order valence-electron chi connectivity index (χ1n) is 9.57. The number of nitrogens with one attached hydrogen (secondary N) is 1. The van der Waals surface area contributed by atoms with Crippen molar-refractivity contribution in [3.8, 4) is 11.3 Å². The van der Waals surface area contributed by atoms with Crippen LogP contribution in [0, 0.1) is 23.5 Å². The number of amides is 1. The third kappa shape index (κ3) is 4.45. The topological polar surface area (TPSA) is 95.7 Å². The minimum Gasteiger partial charge on any atom is -0.481 e. The highest BCUT2D eigenvalue weighted by atomic mass is 19.1. The van der Waals surface area contributed by atoms with Crippen molar-refractivity contribution in [1.82, 2.24) is 15.2 Å². The first-order valence-corrected chi connectivity index (χ1v) is 9.57. The second kappa shape index (κ2) is 7.90. The summed E-state index contributed by atoms with van der Waals surface area (Å²) in [5.41, 5.74) is 0.0627. The van der Waals surface area contributed by atoms with Gasteiger partial charge in [-0.25, -0.2) is 13.8 Å². The molecule has 1 saturated carbocycles. The number of benzene rings is 1. The van der Waals surface area contributed by atoms with Crippen molar-refractivity contribution in [3.63, 3.8) is 0 Å². The van der Waals surface area contributed by atoms with Gasteiger partial charge in [-0.1, -0.05) is 0 Å². The standard InChI is InChI=1S/C20H21F2N3O4/c21-12-3-4-13(15(22)7-12)17-10-29-19(24-17)18(26)23-16-5-6-25(8-11-1-2-11)9-14(16)20(27)28/h3-4,7,10-11,14,16H,1-2,5-6,8-9H2,(H,23,26)(H,27,28)/t14-,16-/m0/s1. The van der Waals surface area contributed by atoms with Gasteiger partial charge >= 0.3 is 11.9 Å². The van der Waals surface area contributed by atoms with Crippen molar-refractivity contribution in [2.75, 3.05) is 19.6 Å². The highest BCUT2D eigenvalue weighted by molar-refractivity contribution is 5.91. The van der Waals surface area contributed by atoms with E-state index in [1.165, 1.54) is 18.9 Å². The molecule has 0 spiro atoms. The molecule has 154 valence electrons. The first kappa shape index (κ1) is 19.5. The maximum atomic E-state index is 13.9. The SMILES string of the molecule is O=C(N[C@H]1CCN(CC2CC2)C[C@@H]1C(=O)O)c1nc(-c2ccc(F)cc2F)co1. The minimum atomic E-state index is -0.961. The van der Waals surface area contributed by atoms with Crippen LogP contribution in [0.1, 0.15) is 29.9 Å². The van der Waals surface area contributed by atoms with Crippen LogP contribution in [0.3, 0.4) is 0 Å². The quantitative estimate of drug-likeness (QED) is 0.767. The van der Waals surface area contributed by atoms with Gasteiger partial charge in [0.1, 0.15) is 23.6 Å². The Bertz CT molecular complexity index is 928. The molecule has 2 fully saturated rings. The molecule has 1 amide bonds. The van der Waals surface area contributed by atoms with Gasteiger partial charge in [-0.15, -0.1) is 0 Å². The molecule has 0 unspecified atom stereocenters. The molecule has 2 heterocycles. The van der Waals surface area contributed by atoms with Crippen LogP contribution in [0.5, 0.6) is 0 Å². The molecule has 2 aliphatic rings. The second-order valence-electron chi connectivity index (χ2n) is 7.68. The molecule has 2 N–H and O–H groups in total. The number of carboxylic acids is 1. The third-order valence-corrected chi connectivity index (χ3v) is 5.45. The molecule has 1 aliphatic heterocycles. The molecule has 0 radical (unpaired) electrons. The fourth-order valence-electron chi connectivity index (χ4n) is 3.70. The fraction of sp³-hybridized carbons (Fsp3) is 0.450. The third-order valence-electron chi connectivity index (χ3n) is 5.45. The van der Waals surface area contributed by atoms with Gasteiger partial charge in [-0.3, -0.25) is 9.59 Å². The van der Waals surface area contributed by atoms with E-state index in [9.17, 15) is 23.5 Å². The zero-order chi connectivity index (χ0) is 20.5. The predicted octanol–water partition coefficient (Wildman–Crippen LogP) is 2.53. The lowest BCUT2D eigenvalue weighted by molar-refractivity contribution is -0.144. The molecular formula is C20H21F2N3O4. The van der Waals surface area contributed by atoms with Crippen LogP contribution in [0.15, 0.2) is 28.9 Å². The maximum Gasteiger partial charge on any atom is 0.309 e. The largest absolute Gasteiger partial charge is 0.481 e. The van der Waals surface area contributed by atoms with Crippen LogP contribution in [-0.2, 0) is 4.79 Å². The number of hydrogen-bond donors (Lipinski definition) is 2. The van der Waals surface area contributed by atoms with E-state index in [0.29, 0.717) is 25.4 Å². The van der Waals surface area contributed by atoms with Crippen molar-refractivity contribution < 1.29 is 27.9 Å². The van der Waals surface area contributed by atoms with E-state index in [4.69, 9.17) is 4.42 Å². The Morgan fingerprint density at radius 2 is 2.07 bits per heavy atom. The Morgan fingerprint density at radius 1 is 1.28 bits per heavy atom. The zero-order valence-electron chi connectivity index (χ0n) is 15.6. The summed E-state index contributed by atoms with van der Waals surface area (Å²) in [5, 5.41) is 12.3. The van der Waals surface area contributed by atoms with Crippen LogP contribution >= 0.6 is 0 Å². The number of aromatic nitrogens is 1. The summed E-state index contributed by atoms with van der Waals surface area (Å²) < 4.78 is 32.1. The fourth-order valence-corrected chi connectivity index (χ4v) is 3.70. The van der Waals surface area contributed by atoms with Crippen LogP contribution in [0.2, 0.25) is 0 Å². The monoisotopic (exact) mass is 405 g/mol. The number of oxazole rings is 1. The number of aliphatic carboxylic acids is 1. The van der Waals surface area contributed by atoms with Crippen molar-refractivity contribution in [3.05, 3.63) is 42.0 Å². The van der Waals surface area contributed by atoms with Crippen LogP contribution in [-0.4, -0.2) is 52.5 Å². The Kier molecular flexibility index (Phi) is 5.31. The van der Waals surface area contributed by atoms with Gasteiger partial charge in [0.05, 0.1) is 5.92 Å². The second-order valence-corrected chi connectivity index (χ2v) is 7.68. The summed E-state index contributed by atoms with van der Waals surface area (Å²) in [5.74, 6) is -3.53. The minimum absolute atomic E-state index is 0.00555. The van der Waals surface area contributed by atoms with Crippen molar-refractivity contribution >= 4 is 11.9 Å². The Labute approximate surface area is 165 Å². The number of likely N-dealkylation sites (tertiary alicyclic amines) is 1. The van der Waals surface area contributed by atoms with Gasteiger partial charge in [0.25, 0.3) is 5.89 Å². The molecule has 2 aromatic rings. The Morgan fingerprint density at radius 3 is 2.76 bits per heavy atom. The molecule has 1 aliphatic carbocycles. The molecule has 29 heavy (non-hydrogen) atoms. The summed E-state index contributed by atoms with van der Waals surface area (Å²) in [7, 11) is 0. The number of carbonyl (C=O) groups is 2. The molecule has 4 rings (SSSR count). The lowest BCUT2D eigenvalue weighted by Crippen LogP contribution is -2.53. The lowest BCUT2D eigenvalue weighted by atomic mass is 9.92. The first-order chi connectivity index (χ1) is 13.9. The molecule has 7 nitrogen and oxygen atoms in total. The lowest BCUT2D eigenvalue weighted by Gasteiger charge is -2.36. The average molecular weight is 405 g/mol. The molecular weight excluding hydrogens is 384 g/mol. The number of carbonyl (C=O) groups excluding carboxylic acids is 1. The van der Waals surface area contributed by atoms with E-state index in [1.54, 1.807) is 0 Å². The summed E-state index contributed by atoms with van der Waals surface area (Å²) in [6, 6.07) is 2.46. The van der Waals surface area contributed by atoms with Crippen molar-refractivity contribution in [2.24, 2.45) is 11.8 Å². The number of piperidine rings is 1. The molecule has 9 heteroatoms. The molecule has 2 atom stereocenters. The van der Waals surface area contributed by atoms with Crippen molar-refractivity contribution in [2.45, 2.75) is 25.3 Å². The molecule has 0 bridgehead atoms. The van der Waals surface area contributed by atoms with Gasteiger partial charge in [-0.2, -0.15) is 0 Å². The number of rotatable bonds is 6. The van der Waals surface area contributed by atoms with Gasteiger partial charge in [-0.05, 0) is 37.3 Å². The zero-order valence-corrected chi connectivity index (χ0v) is 15.6. The van der Waals surface area contributed by atoms with E-state index < -0.39 is 35.5 Å². The van der Waals surface area contributed by atoms with Gasteiger partial charge < -0.3 is 19.7 Å². The summed E-state index contributed by atoms with van der Waals surface area (Å²) in [4.78, 5) is 30.3. The highest BCUT2D eigenvalue weighted by Gasteiger charge is 2.37. The molecule has 1 aromatic heterocycles. The van der Waals surface area contributed by atoms with Gasteiger partial charge in [0.15, 0.2) is 0 Å². The average Bonchev–Trinajstić information content (AvgIpc) is 3.35. The number of hydrogen-bond acceptors (Lipinski definition) is 5. The van der Waals surface area contributed by atoms with Crippen LogP contribution in [0.4, 0.5) is 8.78 Å². The van der Waals surface area contributed by atoms with Gasteiger partial charge in [0, 0.05) is 37.3 Å². The van der Waals surface area contributed by atoms with E-state index >= 15 is 0 Å². The summed E-state index contributed by atoms with van der Waals surface area (Å²) in [6.07, 6.45) is 4.00. The van der Waals surface area contributed by atoms with Crippen molar-refractivity contribution in [1.29, 1.82) is 0 Å². The number of nitrogens with zero attached hydrogens (tertiary/aromatic N) is 2. The highest BCUT2D eigenvalue weighted by Crippen LogP contribution is 2.31. The Balaban J connectivity index is 1.43. The molecule has 1 saturated heterocycles. The van der Waals surface area contributed by atoms with Crippen LogP contribution < -0.4 is 5.32 Å². The van der Waals surface area contributed by atoms with E-state index in [0.717, 1.165) is 24.9 Å². The normalized spacial score (nSPS) is 22.4. The predicted molar refractivity (Wildman–Crippen MR) is 98.0 cm³/mol. The summed E-state index contributed by atoms with van der Waals surface area (Å²) >= 11 is 0. The van der Waals surface area contributed by atoms with E-state index in [-0.39, 0.29) is 17.1 Å². The van der Waals surface area contributed by atoms with E-state index in [1.807, 2.05) is 0 Å². The summed E-state index contributed by atoms with van der Waals surface area (Å²) in [6.45, 7) is 1.99. The smallest absolute Gasteiger partial charge is 0.309 e. The molecule has 1 aromatic carbocycles. The van der Waals surface area contributed by atoms with E-state index in [2.05, 4.69) is 15.2 Å². The Hall–Kier alpha value is -2.81. The number of carboxylic acid groups (broad SMARTS) is 1.